The zero-order chi connectivity index (χ0) is 22.5. The van der Waals surface area contributed by atoms with Gasteiger partial charge in [0.25, 0.3) is 0 Å². The van der Waals surface area contributed by atoms with Crippen LogP contribution in [0.3, 0.4) is 0 Å². The molecule has 0 radical (unpaired) electrons. The van der Waals surface area contributed by atoms with Gasteiger partial charge in [0.2, 0.25) is 0 Å². The monoisotopic (exact) mass is 433 g/mol. The van der Waals surface area contributed by atoms with E-state index in [0.29, 0.717) is 13.0 Å². The number of nitrogens with zero attached hydrogens (tertiary/aromatic N) is 1. The topological polar surface area (TPSA) is 46.6 Å². The van der Waals surface area contributed by atoms with E-state index in [1.54, 1.807) is 4.90 Å². The molecular weight excluding hydrogens is 386 g/mol. The van der Waals surface area contributed by atoms with Crippen molar-refractivity contribution in [2.75, 3.05) is 13.1 Å². The number of carbonyl (C=O) groups excluding carboxylic acids is 2. The van der Waals surface area contributed by atoms with Gasteiger partial charge >= 0.3 is 6.09 Å². The van der Waals surface area contributed by atoms with E-state index in [4.69, 9.17) is 4.74 Å². The van der Waals surface area contributed by atoms with E-state index in [1.165, 1.54) is 94.6 Å². The van der Waals surface area contributed by atoms with Crippen LogP contribution in [0.5, 0.6) is 0 Å². The third-order valence-corrected chi connectivity index (χ3v) is 6.57. The number of amides is 1. The Bertz CT molecular complexity index is 588. The molecule has 0 spiro atoms. The number of hydrogen-bond donors (Lipinski definition) is 0. The van der Waals surface area contributed by atoms with Crippen LogP contribution >= 0.6 is 0 Å². The lowest BCUT2D eigenvalue weighted by Crippen LogP contribution is -2.41. The Morgan fingerprint density at radius 3 is 1.65 bits per heavy atom. The molecule has 0 saturated carbocycles. The first-order valence-corrected chi connectivity index (χ1v) is 13.0. The molecule has 2 aliphatic rings. The van der Waals surface area contributed by atoms with E-state index >= 15 is 0 Å². The second-order valence-electron chi connectivity index (χ2n) is 10.7. The minimum Gasteiger partial charge on any atom is -0.444 e. The van der Waals surface area contributed by atoms with Gasteiger partial charge in [0.1, 0.15) is 5.60 Å². The Morgan fingerprint density at radius 1 is 0.710 bits per heavy atom. The molecule has 0 aromatic heterocycles. The smallest absolute Gasteiger partial charge is 0.410 e. The molecule has 0 atom stereocenters. The van der Waals surface area contributed by atoms with Gasteiger partial charge in [-0.3, -0.25) is 4.79 Å². The summed E-state index contributed by atoms with van der Waals surface area (Å²) >= 11 is 0. The number of hydrogen-bond acceptors (Lipinski definition) is 3. The van der Waals surface area contributed by atoms with Crippen molar-refractivity contribution in [3.8, 4) is 0 Å². The summed E-state index contributed by atoms with van der Waals surface area (Å²) in [6.45, 7) is 6.41. The first-order valence-electron chi connectivity index (χ1n) is 13.0. The molecular formula is C27H47NO3. The molecule has 0 N–H and O–H groups in total. The van der Waals surface area contributed by atoms with Crippen molar-refractivity contribution in [2.24, 2.45) is 0 Å². The standard InChI is InChI=1S/C27H47NO3/c1-27(2,3)31-26(30)28-20-19-23-17-15-13-11-9-7-5-4-6-8-10-12-14-16-18-24(23)21-25(29)22-28/h4-22H2,1-3H3/b24-23-. The number of Topliss-reactive ketones (excluding diaryl/α,β-unsaturated/α-hetero) is 1. The van der Waals surface area contributed by atoms with E-state index in [1.807, 2.05) is 20.8 Å². The van der Waals surface area contributed by atoms with Gasteiger partial charge in [0.05, 0.1) is 6.54 Å². The van der Waals surface area contributed by atoms with Crippen LogP contribution in [0.15, 0.2) is 11.1 Å². The van der Waals surface area contributed by atoms with E-state index in [2.05, 4.69) is 0 Å². The highest BCUT2D eigenvalue weighted by Gasteiger charge is 2.26. The second-order valence-corrected chi connectivity index (χ2v) is 10.7. The lowest BCUT2D eigenvalue weighted by Gasteiger charge is -2.29. The van der Waals surface area contributed by atoms with E-state index in [-0.39, 0.29) is 18.4 Å². The zero-order valence-corrected chi connectivity index (χ0v) is 20.6. The fourth-order valence-corrected chi connectivity index (χ4v) is 4.83. The van der Waals surface area contributed by atoms with Crippen molar-refractivity contribution in [2.45, 2.75) is 136 Å². The lowest BCUT2D eigenvalue weighted by molar-refractivity contribution is -0.119. The van der Waals surface area contributed by atoms with Gasteiger partial charge < -0.3 is 9.64 Å². The molecule has 4 nitrogen and oxygen atoms in total. The van der Waals surface area contributed by atoms with Crippen molar-refractivity contribution >= 4 is 11.9 Å². The summed E-state index contributed by atoms with van der Waals surface area (Å²) in [7, 11) is 0. The van der Waals surface area contributed by atoms with Crippen molar-refractivity contribution in [3.05, 3.63) is 11.1 Å². The van der Waals surface area contributed by atoms with Crippen LogP contribution in [-0.4, -0.2) is 35.5 Å². The van der Waals surface area contributed by atoms with Crippen LogP contribution in [0.2, 0.25) is 0 Å². The molecule has 1 heterocycles. The maximum atomic E-state index is 12.8. The Kier molecular flexibility index (Phi) is 11.7. The predicted molar refractivity (Wildman–Crippen MR) is 128 cm³/mol. The van der Waals surface area contributed by atoms with Gasteiger partial charge in [-0.15, -0.1) is 0 Å². The lowest BCUT2D eigenvalue weighted by atomic mass is 9.90. The summed E-state index contributed by atoms with van der Waals surface area (Å²) in [6, 6.07) is 0. The highest BCUT2D eigenvalue weighted by Crippen LogP contribution is 2.28. The van der Waals surface area contributed by atoms with Crippen LogP contribution < -0.4 is 0 Å². The summed E-state index contributed by atoms with van der Waals surface area (Å²) in [4.78, 5) is 27.0. The quantitative estimate of drug-likeness (QED) is 0.367. The SMILES string of the molecule is CC(C)(C)OC(=O)N1CC/C2=C(/CCCCCCCCCCCCCCC2)CC(=O)C1. The molecule has 0 fully saturated rings. The predicted octanol–water partition coefficient (Wildman–Crippen LogP) is 7.75. The Labute approximate surface area is 191 Å². The molecule has 1 aliphatic carbocycles. The average molecular weight is 434 g/mol. The molecule has 0 saturated heterocycles. The summed E-state index contributed by atoms with van der Waals surface area (Å²) in [6.07, 6.45) is 20.5. The first kappa shape index (κ1) is 25.9. The molecule has 1 aliphatic heterocycles. The zero-order valence-electron chi connectivity index (χ0n) is 20.6. The van der Waals surface area contributed by atoms with Crippen LogP contribution in [0.25, 0.3) is 0 Å². The van der Waals surface area contributed by atoms with E-state index in [0.717, 1.165) is 19.3 Å². The molecule has 0 unspecified atom stereocenters. The van der Waals surface area contributed by atoms with Crippen LogP contribution in [0, 0.1) is 0 Å². The summed E-state index contributed by atoms with van der Waals surface area (Å²) in [5.74, 6) is 0.156. The van der Waals surface area contributed by atoms with Crippen LogP contribution in [0.4, 0.5) is 4.79 Å². The van der Waals surface area contributed by atoms with E-state index < -0.39 is 5.60 Å². The molecule has 0 aromatic carbocycles. The molecule has 0 bridgehead atoms. The maximum Gasteiger partial charge on any atom is 0.410 e. The number of rotatable bonds is 0. The first-order chi connectivity index (χ1) is 14.8. The minimum absolute atomic E-state index is 0.156. The van der Waals surface area contributed by atoms with Gasteiger partial charge in [-0.25, -0.2) is 4.79 Å². The Hall–Kier alpha value is -1.32. The maximum absolute atomic E-state index is 12.8. The van der Waals surface area contributed by atoms with Crippen molar-refractivity contribution in [1.82, 2.24) is 4.90 Å². The number of ketones is 1. The fraction of sp³-hybridized carbons (Fsp3) is 0.852. The van der Waals surface area contributed by atoms with Crippen LogP contribution in [0.1, 0.15) is 130 Å². The number of carbonyl (C=O) groups is 2. The van der Waals surface area contributed by atoms with Crippen molar-refractivity contribution in [1.29, 1.82) is 0 Å². The largest absolute Gasteiger partial charge is 0.444 e. The average Bonchev–Trinajstić information content (AvgIpc) is 2.68. The van der Waals surface area contributed by atoms with Crippen LogP contribution in [-0.2, 0) is 9.53 Å². The minimum atomic E-state index is -0.534. The number of allylic oxidation sites excluding steroid dienone is 1. The molecule has 0 aromatic rings. The van der Waals surface area contributed by atoms with Gasteiger partial charge in [0.15, 0.2) is 5.78 Å². The van der Waals surface area contributed by atoms with Gasteiger partial charge in [-0.1, -0.05) is 81.8 Å². The van der Waals surface area contributed by atoms with E-state index in [9.17, 15) is 9.59 Å². The number of ether oxygens (including phenoxy) is 1. The normalized spacial score (nSPS) is 24.5. The summed E-state index contributed by atoms with van der Waals surface area (Å²) in [5, 5.41) is 0. The highest BCUT2D eigenvalue weighted by atomic mass is 16.6. The molecule has 4 heteroatoms. The molecule has 1 amide bonds. The Morgan fingerprint density at radius 2 is 1.16 bits per heavy atom. The van der Waals surface area contributed by atoms with Crippen molar-refractivity contribution in [3.63, 3.8) is 0 Å². The van der Waals surface area contributed by atoms with Gasteiger partial charge in [-0.2, -0.15) is 0 Å². The van der Waals surface area contributed by atoms with Crippen molar-refractivity contribution < 1.29 is 14.3 Å². The molecule has 31 heavy (non-hydrogen) atoms. The summed E-state index contributed by atoms with van der Waals surface area (Å²) < 4.78 is 5.55. The molecule has 178 valence electrons. The fourth-order valence-electron chi connectivity index (χ4n) is 4.83. The molecule has 2 rings (SSSR count). The second kappa shape index (κ2) is 14.0. The summed E-state index contributed by atoms with van der Waals surface area (Å²) in [5.41, 5.74) is 2.30. The van der Waals surface area contributed by atoms with Gasteiger partial charge in [0, 0.05) is 13.0 Å². The highest BCUT2D eigenvalue weighted by molar-refractivity contribution is 5.86. The van der Waals surface area contributed by atoms with Gasteiger partial charge in [-0.05, 0) is 52.9 Å². The Balaban J connectivity index is 2.02. The third kappa shape index (κ3) is 11.2. The third-order valence-electron chi connectivity index (χ3n) is 6.57.